The van der Waals surface area contributed by atoms with Crippen molar-refractivity contribution in [2.24, 2.45) is 0 Å². The van der Waals surface area contributed by atoms with Crippen molar-refractivity contribution in [3.8, 4) is 17.7 Å². The topological polar surface area (TPSA) is 99.9 Å². The number of aromatic nitrogens is 2. The van der Waals surface area contributed by atoms with Crippen molar-refractivity contribution in [2.75, 3.05) is 5.32 Å². The first-order chi connectivity index (χ1) is 12.0. The smallest absolute Gasteiger partial charge is 0.321 e. The van der Waals surface area contributed by atoms with Gasteiger partial charge in [0.15, 0.2) is 0 Å². The molecule has 2 aromatic rings. The Kier molecular flexibility index (Phi) is 6.29. The van der Waals surface area contributed by atoms with Crippen molar-refractivity contribution in [3.05, 3.63) is 41.6 Å². The molecule has 0 unspecified atom stereocenters. The lowest BCUT2D eigenvalue weighted by Gasteiger charge is -2.15. The van der Waals surface area contributed by atoms with Crippen molar-refractivity contribution in [1.29, 1.82) is 5.26 Å². The third-order valence-corrected chi connectivity index (χ3v) is 3.58. The molecule has 0 bridgehead atoms. The van der Waals surface area contributed by atoms with E-state index in [9.17, 15) is 4.79 Å². The average Bonchev–Trinajstić information content (AvgIpc) is 2.59. The lowest BCUT2D eigenvalue weighted by atomic mass is 10.2. The molecule has 7 heteroatoms. The minimum Gasteiger partial charge on any atom is -0.439 e. The summed E-state index contributed by atoms with van der Waals surface area (Å²) in [6.07, 6.45) is 1.71. The Labute approximate surface area is 147 Å². The highest BCUT2D eigenvalue weighted by Gasteiger charge is 2.11. The lowest BCUT2D eigenvalue weighted by molar-refractivity contribution is 0.247. The summed E-state index contributed by atoms with van der Waals surface area (Å²) in [4.78, 5) is 20.4. The van der Waals surface area contributed by atoms with Crippen LogP contribution in [-0.4, -0.2) is 22.0 Å². The van der Waals surface area contributed by atoms with Crippen molar-refractivity contribution in [1.82, 2.24) is 15.3 Å². The molecule has 7 nitrogen and oxygen atoms in total. The fourth-order valence-corrected chi connectivity index (χ4v) is 2.18. The third kappa shape index (κ3) is 5.46. The van der Waals surface area contributed by atoms with Crippen LogP contribution in [0.2, 0.25) is 0 Å². The quantitative estimate of drug-likeness (QED) is 0.834. The second-order valence-corrected chi connectivity index (χ2v) is 5.52. The van der Waals surface area contributed by atoms with Crippen LogP contribution in [0.1, 0.15) is 37.9 Å². The summed E-state index contributed by atoms with van der Waals surface area (Å²) in [5, 5.41) is 14.3. The van der Waals surface area contributed by atoms with Gasteiger partial charge in [0, 0.05) is 17.8 Å². The Hall–Kier alpha value is -3.14. The predicted molar refractivity (Wildman–Crippen MR) is 94.5 cm³/mol. The van der Waals surface area contributed by atoms with Gasteiger partial charge in [-0.15, -0.1) is 0 Å². The van der Waals surface area contributed by atoms with Crippen LogP contribution in [0.25, 0.3) is 0 Å². The molecule has 0 saturated carbocycles. The highest BCUT2D eigenvalue weighted by Crippen LogP contribution is 2.21. The number of nitrogens with zero attached hydrogens (tertiary/aromatic N) is 3. The highest BCUT2D eigenvalue weighted by molar-refractivity contribution is 5.87. The summed E-state index contributed by atoms with van der Waals surface area (Å²) < 4.78 is 5.67. The van der Waals surface area contributed by atoms with Crippen LogP contribution in [0.4, 0.5) is 10.7 Å². The molecule has 0 spiro atoms. The number of carbonyl (C=O) groups excluding carboxylic acids is 1. The molecular formula is C18H21N5O2. The molecule has 2 rings (SSSR count). The maximum absolute atomic E-state index is 12.0. The monoisotopic (exact) mass is 339 g/mol. The molecule has 1 aromatic heterocycles. The van der Waals surface area contributed by atoms with Crippen LogP contribution in [-0.2, 0) is 0 Å². The summed E-state index contributed by atoms with van der Waals surface area (Å²) in [7, 11) is 0. The molecule has 25 heavy (non-hydrogen) atoms. The molecule has 0 atom stereocenters. The summed E-state index contributed by atoms with van der Waals surface area (Å²) in [6, 6.07) is 10.2. The largest absolute Gasteiger partial charge is 0.439 e. The lowest BCUT2D eigenvalue weighted by Crippen LogP contribution is -2.37. The van der Waals surface area contributed by atoms with Crippen LogP contribution in [0.3, 0.4) is 0 Å². The van der Waals surface area contributed by atoms with Gasteiger partial charge >= 0.3 is 6.03 Å². The Morgan fingerprint density at radius 2 is 1.92 bits per heavy atom. The number of ether oxygens (including phenoxy) is 1. The zero-order valence-electron chi connectivity index (χ0n) is 14.5. The zero-order valence-corrected chi connectivity index (χ0v) is 14.5. The van der Waals surface area contributed by atoms with Crippen molar-refractivity contribution in [3.63, 3.8) is 0 Å². The van der Waals surface area contributed by atoms with E-state index < -0.39 is 0 Å². The SMILES string of the molecule is CCC(CC)NC(=O)Nc1nc(C)cc(Oc2ccc(C#N)cc2)n1. The number of aryl methyl sites for hydroxylation is 1. The number of urea groups is 1. The van der Waals surface area contributed by atoms with Crippen LogP contribution in [0.5, 0.6) is 11.6 Å². The average molecular weight is 339 g/mol. The van der Waals surface area contributed by atoms with Gasteiger partial charge in [-0.25, -0.2) is 9.78 Å². The van der Waals surface area contributed by atoms with Crippen molar-refractivity contribution in [2.45, 2.75) is 39.7 Å². The molecule has 0 aliphatic heterocycles. The van der Waals surface area contributed by atoms with E-state index in [1.807, 2.05) is 19.9 Å². The number of anilines is 1. The van der Waals surface area contributed by atoms with E-state index in [4.69, 9.17) is 10.00 Å². The molecule has 1 heterocycles. The summed E-state index contributed by atoms with van der Waals surface area (Å²) >= 11 is 0. The molecule has 0 radical (unpaired) electrons. The predicted octanol–water partition coefficient (Wildman–Crippen LogP) is 3.76. The van der Waals surface area contributed by atoms with E-state index >= 15 is 0 Å². The summed E-state index contributed by atoms with van der Waals surface area (Å²) in [5.41, 5.74) is 1.21. The second kappa shape index (κ2) is 8.64. The minimum atomic E-state index is -0.344. The number of hydrogen-bond donors (Lipinski definition) is 2. The van der Waals surface area contributed by atoms with Gasteiger partial charge in [-0.1, -0.05) is 13.8 Å². The molecule has 0 aliphatic carbocycles. The van der Waals surface area contributed by atoms with Gasteiger partial charge in [0.2, 0.25) is 11.8 Å². The highest BCUT2D eigenvalue weighted by atomic mass is 16.5. The fourth-order valence-electron chi connectivity index (χ4n) is 2.18. The van der Waals surface area contributed by atoms with Crippen molar-refractivity contribution >= 4 is 12.0 Å². The number of nitrogens with one attached hydrogen (secondary N) is 2. The van der Waals surface area contributed by atoms with Crippen LogP contribution >= 0.6 is 0 Å². The van der Waals surface area contributed by atoms with Gasteiger partial charge in [-0.05, 0) is 44.0 Å². The maximum atomic E-state index is 12.0. The fraction of sp³-hybridized carbons (Fsp3) is 0.333. The number of nitriles is 1. The van der Waals surface area contributed by atoms with E-state index in [0.29, 0.717) is 22.9 Å². The van der Waals surface area contributed by atoms with Crippen LogP contribution in [0.15, 0.2) is 30.3 Å². The molecule has 0 aliphatic rings. The van der Waals surface area contributed by atoms with Gasteiger partial charge < -0.3 is 10.1 Å². The Morgan fingerprint density at radius 1 is 1.24 bits per heavy atom. The number of rotatable bonds is 6. The van der Waals surface area contributed by atoms with Crippen molar-refractivity contribution < 1.29 is 9.53 Å². The minimum absolute atomic E-state index is 0.110. The van der Waals surface area contributed by atoms with Gasteiger partial charge in [0.1, 0.15) is 5.75 Å². The van der Waals surface area contributed by atoms with E-state index in [1.165, 1.54) is 0 Å². The van der Waals surface area contributed by atoms with E-state index in [0.717, 1.165) is 12.8 Å². The van der Waals surface area contributed by atoms with E-state index in [1.54, 1.807) is 37.3 Å². The summed E-state index contributed by atoms with van der Waals surface area (Å²) in [5.74, 6) is 1.03. The third-order valence-electron chi connectivity index (χ3n) is 3.58. The number of amides is 2. The molecule has 0 saturated heterocycles. The Bertz CT molecular complexity index is 764. The summed E-state index contributed by atoms with van der Waals surface area (Å²) in [6.45, 7) is 5.82. The van der Waals surface area contributed by atoms with Gasteiger partial charge in [-0.3, -0.25) is 5.32 Å². The van der Waals surface area contributed by atoms with E-state index in [-0.39, 0.29) is 18.0 Å². The normalized spacial score (nSPS) is 10.2. The van der Waals surface area contributed by atoms with Crippen LogP contribution < -0.4 is 15.4 Å². The number of hydrogen-bond acceptors (Lipinski definition) is 5. The van der Waals surface area contributed by atoms with E-state index in [2.05, 4.69) is 20.6 Å². The maximum Gasteiger partial charge on any atom is 0.321 e. The molecular weight excluding hydrogens is 318 g/mol. The Balaban J connectivity index is 2.08. The standard InChI is InChI=1S/C18H21N5O2/c1-4-14(5-2)21-18(24)23-17-20-12(3)10-16(22-17)25-15-8-6-13(11-19)7-9-15/h6-10,14H,4-5H2,1-3H3,(H2,20,21,22,23,24). The number of carbonyl (C=O) groups is 1. The molecule has 130 valence electrons. The van der Waals surface area contributed by atoms with Crippen LogP contribution in [0, 0.1) is 18.3 Å². The van der Waals surface area contributed by atoms with Gasteiger partial charge in [0.25, 0.3) is 0 Å². The number of benzene rings is 1. The van der Waals surface area contributed by atoms with Gasteiger partial charge in [-0.2, -0.15) is 10.2 Å². The zero-order chi connectivity index (χ0) is 18.2. The second-order valence-electron chi connectivity index (χ2n) is 5.52. The Morgan fingerprint density at radius 3 is 2.52 bits per heavy atom. The first-order valence-electron chi connectivity index (χ1n) is 8.15. The molecule has 2 N–H and O–H groups in total. The first-order valence-corrected chi connectivity index (χ1v) is 8.15. The van der Waals surface area contributed by atoms with Gasteiger partial charge in [0.05, 0.1) is 11.6 Å². The molecule has 0 fully saturated rings. The first kappa shape index (κ1) is 18.2. The molecule has 1 aromatic carbocycles. The molecule has 2 amide bonds.